The lowest BCUT2D eigenvalue weighted by Gasteiger charge is -2.28. The summed E-state index contributed by atoms with van der Waals surface area (Å²) in [5.41, 5.74) is 6.04. The fraction of sp³-hybridized carbons (Fsp3) is 0.0952. The normalized spacial score (nSPS) is 12.5. The van der Waals surface area contributed by atoms with E-state index < -0.39 is 19.3 Å². The van der Waals surface area contributed by atoms with Gasteiger partial charge in [-0.05, 0) is 36.4 Å². The van der Waals surface area contributed by atoms with Gasteiger partial charge in [-0.15, -0.1) is 0 Å². The van der Waals surface area contributed by atoms with E-state index >= 15 is 0 Å². The number of carboxylic acids is 1. The Hall–Kier alpha value is -2.48. The summed E-state index contributed by atoms with van der Waals surface area (Å²) in [6, 6.07) is 29.5. The van der Waals surface area contributed by atoms with E-state index in [4.69, 9.17) is 5.73 Å². The maximum absolute atomic E-state index is 11.6. The van der Waals surface area contributed by atoms with Crippen LogP contribution in [0.3, 0.4) is 0 Å². The van der Waals surface area contributed by atoms with E-state index in [2.05, 4.69) is 36.4 Å². The Labute approximate surface area is 148 Å². The monoisotopic (exact) mass is 350 g/mol. The van der Waals surface area contributed by atoms with Crippen molar-refractivity contribution < 1.29 is 9.90 Å². The summed E-state index contributed by atoms with van der Waals surface area (Å²) in [5, 5.41) is 12.9. The predicted octanol–water partition coefficient (Wildman–Crippen LogP) is 2.39. The molecule has 0 radical (unpaired) electrons. The third-order valence-corrected chi connectivity index (χ3v) is 8.86. The quantitative estimate of drug-likeness (QED) is 0.671. The Balaban J connectivity index is 2.29. The van der Waals surface area contributed by atoms with Gasteiger partial charge in [-0.2, -0.15) is 0 Å². The summed E-state index contributed by atoms with van der Waals surface area (Å²) in [6.45, 7) is 0. The van der Waals surface area contributed by atoms with Gasteiger partial charge in [0.15, 0.2) is 0 Å². The molecule has 4 heteroatoms. The number of hydrogen-bond acceptors (Lipinski definition) is 2. The van der Waals surface area contributed by atoms with Crippen LogP contribution in [-0.4, -0.2) is 23.3 Å². The first-order valence-corrected chi connectivity index (χ1v) is 10.2. The summed E-state index contributed by atoms with van der Waals surface area (Å²) in [7, 11) is -2.17. The number of hydrogen-bond donors (Lipinski definition) is 2. The number of rotatable bonds is 6. The molecular weight excluding hydrogens is 329 g/mol. The van der Waals surface area contributed by atoms with Gasteiger partial charge >= 0.3 is 5.97 Å². The van der Waals surface area contributed by atoms with E-state index in [0.29, 0.717) is 6.16 Å². The van der Waals surface area contributed by atoms with Crippen molar-refractivity contribution in [3.63, 3.8) is 0 Å². The molecule has 3 rings (SSSR count). The van der Waals surface area contributed by atoms with Gasteiger partial charge in [0.1, 0.15) is 29.2 Å². The third-order valence-electron chi connectivity index (χ3n) is 4.38. The van der Waals surface area contributed by atoms with Crippen molar-refractivity contribution in [1.29, 1.82) is 0 Å². The molecule has 0 aromatic heterocycles. The van der Waals surface area contributed by atoms with E-state index in [-0.39, 0.29) is 0 Å². The second-order valence-electron chi connectivity index (χ2n) is 5.94. The fourth-order valence-corrected chi connectivity index (χ4v) is 7.50. The first-order valence-electron chi connectivity index (χ1n) is 8.18. The molecule has 0 bridgehead atoms. The van der Waals surface area contributed by atoms with Crippen LogP contribution in [0.25, 0.3) is 0 Å². The lowest BCUT2D eigenvalue weighted by molar-refractivity contribution is -0.137. The van der Waals surface area contributed by atoms with Gasteiger partial charge < -0.3 is 10.8 Å². The Bertz CT molecular complexity index is 726. The molecule has 0 aliphatic heterocycles. The van der Waals surface area contributed by atoms with Crippen LogP contribution < -0.4 is 21.6 Å². The SMILES string of the molecule is N[C@@H](C[P+](c1ccccc1)(c1ccccc1)c1ccccc1)C(=O)O. The van der Waals surface area contributed by atoms with Crippen molar-refractivity contribution >= 4 is 29.1 Å². The van der Waals surface area contributed by atoms with Gasteiger partial charge in [-0.1, -0.05) is 54.6 Å². The first-order chi connectivity index (χ1) is 12.1. The molecule has 0 aliphatic rings. The molecule has 0 saturated carbocycles. The number of benzene rings is 3. The van der Waals surface area contributed by atoms with Crippen LogP contribution in [-0.2, 0) is 4.79 Å². The minimum absolute atomic E-state index is 0.389. The highest BCUT2D eigenvalue weighted by atomic mass is 31.2. The van der Waals surface area contributed by atoms with Crippen molar-refractivity contribution in [2.24, 2.45) is 5.73 Å². The van der Waals surface area contributed by atoms with Crippen LogP contribution in [0.2, 0.25) is 0 Å². The lowest BCUT2D eigenvalue weighted by Crippen LogP contribution is -2.43. The van der Waals surface area contributed by atoms with Crippen molar-refractivity contribution in [3.8, 4) is 0 Å². The Morgan fingerprint density at radius 2 is 1.08 bits per heavy atom. The van der Waals surface area contributed by atoms with Crippen molar-refractivity contribution in [1.82, 2.24) is 0 Å². The van der Waals surface area contributed by atoms with Crippen LogP contribution in [0.4, 0.5) is 0 Å². The minimum Gasteiger partial charge on any atom is -0.480 e. The zero-order chi connectivity index (χ0) is 17.7. The second-order valence-corrected chi connectivity index (χ2v) is 9.48. The van der Waals surface area contributed by atoms with Gasteiger partial charge in [-0.3, -0.25) is 4.79 Å². The number of carboxylic acid groups (broad SMARTS) is 1. The molecule has 3 N–H and O–H groups in total. The zero-order valence-corrected chi connectivity index (χ0v) is 14.7. The Morgan fingerprint density at radius 1 is 0.760 bits per heavy atom. The van der Waals surface area contributed by atoms with Crippen molar-refractivity contribution in [2.75, 3.05) is 6.16 Å². The molecule has 0 fully saturated rings. The van der Waals surface area contributed by atoms with Crippen LogP contribution >= 0.6 is 7.26 Å². The minimum atomic E-state index is -2.17. The van der Waals surface area contributed by atoms with E-state index in [1.807, 2.05) is 54.6 Å². The van der Waals surface area contributed by atoms with Crippen LogP contribution in [0.15, 0.2) is 91.0 Å². The molecule has 1 atom stereocenters. The van der Waals surface area contributed by atoms with Crippen LogP contribution in [0.5, 0.6) is 0 Å². The molecule has 3 aromatic rings. The van der Waals surface area contributed by atoms with Gasteiger partial charge in [0, 0.05) is 0 Å². The maximum Gasteiger partial charge on any atom is 0.324 e. The first kappa shape index (κ1) is 17.3. The molecule has 25 heavy (non-hydrogen) atoms. The number of aliphatic carboxylic acids is 1. The Kier molecular flexibility index (Phi) is 5.28. The summed E-state index contributed by atoms with van der Waals surface area (Å²) in [5.74, 6) is -0.966. The molecule has 0 aliphatic carbocycles. The third kappa shape index (κ3) is 3.48. The van der Waals surface area contributed by atoms with E-state index in [0.717, 1.165) is 15.9 Å². The Morgan fingerprint density at radius 3 is 1.36 bits per heavy atom. The highest BCUT2D eigenvalue weighted by molar-refractivity contribution is 7.95. The standard InChI is InChI=1S/C21H20NO2P/c22-20(21(23)24)16-25(17-10-4-1-5-11-17,18-12-6-2-7-13-18)19-14-8-3-9-15-19/h1-15,20H,16,22H2/p+1/t20-/m0/s1. The topological polar surface area (TPSA) is 63.3 Å². The lowest BCUT2D eigenvalue weighted by atomic mass is 10.3. The molecule has 0 heterocycles. The van der Waals surface area contributed by atoms with Crippen LogP contribution in [0.1, 0.15) is 0 Å². The molecule has 3 aromatic carbocycles. The predicted molar refractivity (Wildman–Crippen MR) is 106 cm³/mol. The zero-order valence-electron chi connectivity index (χ0n) is 13.8. The average Bonchev–Trinajstić information content (AvgIpc) is 2.68. The maximum atomic E-state index is 11.6. The fourth-order valence-electron chi connectivity index (χ4n) is 3.18. The summed E-state index contributed by atoms with van der Waals surface area (Å²) >= 11 is 0. The van der Waals surface area contributed by atoms with Gasteiger partial charge in [-0.25, -0.2) is 0 Å². The van der Waals surface area contributed by atoms with E-state index in [9.17, 15) is 9.90 Å². The van der Waals surface area contributed by atoms with Gasteiger partial charge in [0.2, 0.25) is 0 Å². The molecule has 0 spiro atoms. The highest BCUT2D eigenvalue weighted by Crippen LogP contribution is 2.55. The molecule has 3 nitrogen and oxygen atoms in total. The number of carbonyl (C=O) groups is 1. The molecule has 0 saturated heterocycles. The molecule has 0 amide bonds. The second kappa shape index (κ2) is 7.60. The van der Waals surface area contributed by atoms with Crippen molar-refractivity contribution in [2.45, 2.75) is 6.04 Å². The van der Waals surface area contributed by atoms with Gasteiger partial charge in [0.05, 0.1) is 6.16 Å². The molecule has 0 unspecified atom stereocenters. The highest BCUT2D eigenvalue weighted by Gasteiger charge is 2.47. The molecule has 126 valence electrons. The van der Waals surface area contributed by atoms with Crippen LogP contribution in [0, 0.1) is 0 Å². The van der Waals surface area contributed by atoms with E-state index in [1.54, 1.807) is 0 Å². The average molecular weight is 350 g/mol. The summed E-state index contributed by atoms with van der Waals surface area (Å²) < 4.78 is 0. The number of nitrogens with two attached hydrogens (primary N) is 1. The smallest absolute Gasteiger partial charge is 0.324 e. The summed E-state index contributed by atoms with van der Waals surface area (Å²) in [4.78, 5) is 11.6. The van der Waals surface area contributed by atoms with Gasteiger partial charge in [0.25, 0.3) is 0 Å². The summed E-state index contributed by atoms with van der Waals surface area (Å²) in [6.07, 6.45) is 0.389. The van der Waals surface area contributed by atoms with Crippen molar-refractivity contribution in [3.05, 3.63) is 91.0 Å². The van der Waals surface area contributed by atoms with E-state index in [1.165, 1.54) is 0 Å². The largest absolute Gasteiger partial charge is 0.480 e. The molecular formula is C21H21NO2P+.